The van der Waals surface area contributed by atoms with Crippen molar-refractivity contribution in [3.63, 3.8) is 0 Å². The van der Waals surface area contributed by atoms with Crippen LogP contribution < -0.4 is 5.32 Å². The molecule has 0 saturated heterocycles. The number of rotatable bonds is 11. The lowest BCUT2D eigenvalue weighted by molar-refractivity contribution is -0.917. The number of carbonyl (C=O) groups excluding carboxylic acids is 1. The monoisotopic (exact) mass is 571 g/mol. The number of allylic oxidation sites excluding steroid dienone is 2. The van der Waals surface area contributed by atoms with E-state index in [9.17, 15) is 14.7 Å². The predicted molar refractivity (Wildman–Crippen MR) is 168 cm³/mol. The molecule has 234 valence electrons. The zero-order chi connectivity index (χ0) is 30.4. The van der Waals surface area contributed by atoms with Crippen LogP contribution in [0.5, 0.6) is 0 Å². The zero-order valence-electron chi connectivity index (χ0n) is 28.0. The van der Waals surface area contributed by atoms with Gasteiger partial charge in [0.1, 0.15) is 0 Å². The summed E-state index contributed by atoms with van der Waals surface area (Å²) in [5.74, 6) is 3.72. The number of hydrogen-bond acceptors (Lipinski definition) is 2. The van der Waals surface area contributed by atoms with Crippen LogP contribution in [0.15, 0.2) is 11.6 Å². The van der Waals surface area contributed by atoms with Crippen molar-refractivity contribution in [1.82, 2.24) is 5.32 Å². The second-order valence-electron chi connectivity index (χ2n) is 16.6. The van der Waals surface area contributed by atoms with Gasteiger partial charge in [0.05, 0.1) is 21.1 Å². The first kappa shape index (κ1) is 32.6. The van der Waals surface area contributed by atoms with Crippen LogP contribution >= 0.6 is 0 Å². The quantitative estimate of drug-likeness (QED) is 0.150. The Morgan fingerprint density at radius 1 is 1.05 bits per heavy atom. The fourth-order valence-corrected chi connectivity index (χ4v) is 10.6. The standard InChI is InChI=1S/C36H62N2O3/c1-10-20-36(33(40)41,38(7,8)9)37-32(39)26-18-21-34(5)27(23-26)14-15-28-30-17-16-29(25(4)13-11-12-24(2)3)35(30,6)22-19-31(28)34/h14,24-26,28-31H,10-13,15-23H2,1-9H3,(H-,37,39,40,41)/p+1/t25-,26+,28+,29-,30+,31+,34+,35-,36?/m1/s1. The number of quaternary nitrogens is 1. The van der Waals surface area contributed by atoms with E-state index in [1.54, 1.807) is 0 Å². The third kappa shape index (κ3) is 5.79. The Bertz CT molecular complexity index is 997. The topological polar surface area (TPSA) is 66.4 Å². The summed E-state index contributed by atoms with van der Waals surface area (Å²) in [6.45, 7) is 14.4. The molecule has 0 radical (unpaired) electrons. The molecule has 0 bridgehead atoms. The molecule has 0 aliphatic heterocycles. The highest BCUT2D eigenvalue weighted by molar-refractivity contribution is 5.87. The summed E-state index contributed by atoms with van der Waals surface area (Å²) < 4.78 is 0.177. The maximum atomic E-state index is 13.7. The number of carboxylic acid groups (broad SMARTS) is 1. The molecule has 4 aliphatic rings. The summed E-state index contributed by atoms with van der Waals surface area (Å²) in [7, 11) is 5.63. The van der Waals surface area contributed by atoms with Gasteiger partial charge in [-0.15, -0.1) is 0 Å². The van der Waals surface area contributed by atoms with Crippen LogP contribution in [0.3, 0.4) is 0 Å². The summed E-state index contributed by atoms with van der Waals surface area (Å²) in [6.07, 6.45) is 17.2. The molecule has 0 aromatic heterocycles. The minimum atomic E-state index is -1.29. The van der Waals surface area contributed by atoms with Gasteiger partial charge < -0.3 is 5.11 Å². The summed E-state index contributed by atoms with van der Waals surface area (Å²) >= 11 is 0. The van der Waals surface area contributed by atoms with Gasteiger partial charge in [0.2, 0.25) is 5.91 Å². The Morgan fingerprint density at radius 3 is 2.37 bits per heavy atom. The molecule has 5 nitrogen and oxygen atoms in total. The second-order valence-corrected chi connectivity index (χ2v) is 16.6. The Balaban J connectivity index is 1.47. The Labute approximate surface area is 251 Å². The molecule has 2 N–H and O–H groups in total. The maximum absolute atomic E-state index is 13.7. The van der Waals surface area contributed by atoms with E-state index < -0.39 is 11.6 Å². The van der Waals surface area contributed by atoms with Crippen molar-refractivity contribution in [2.75, 3.05) is 21.1 Å². The highest BCUT2D eigenvalue weighted by atomic mass is 16.4. The SMILES string of the molecule is CCCC(NC(=O)[C@H]1CC[C@@]2(C)C(=CC[C@H]3[C@@H]4CC[C@H]([C@H](C)CCCC(C)C)[C@@]4(C)CC[C@@H]32)C1)(C(=O)O)[N+](C)(C)C. The second kappa shape index (κ2) is 12.0. The molecule has 1 amide bonds. The van der Waals surface area contributed by atoms with E-state index in [-0.39, 0.29) is 21.7 Å². The van der Waals surface area contributed by atoms with Crippen LogP contribution in [-0.2, 0) is 9.59 Å². The van der Waals surface area contributed by atoms with Gasteiger partial charge >= 0.3 is 5.97 Å². The highest BCUT2D eigenvalue weighted by Gasteiger charge is 2.60. The highest BCUT2D eigenvalue weighted by Crippen LogP contribution is 2.67. The first-order valence-electron chi connectivity index (χ1n) is 17.2. The number of nitrogens with zero attached hydrogens (tertiary/aromatic N) is 1. The molecule has 0 aromatic carbocycles. The Kier molecular flexibility index (Phi) is 9.50. The lowest BCUT2D eigenvalue weighted by Crippen LogP contribution is -2.71. The zero-order valence-corrected chi connectivity index (χ0v) is 28.0. The van der Waals surface area contributed by atoms with Crippen LogP contribution in [0.1, 0.15) is 125 Å². The maximum Gasteiger partial charge on any atom is 0.388 e. The third-order valence-electron chi connectivity index (χ3n) is 13.1. The fourth-order valence-electron chi connectivity index (χ4n) is 10.6. The van der Waals surface area contributed by atoms with Gasteiger partial charge in [-0.25, -0.2) is 4.79 Å². The Hall–Kier alpha value is -1.36. The molecule has 1 unspecified atom stereocenters. The number of carbonyl (C=O) groups is 2. The first-order chi connectivity index (χ1) is 19.1. The molecular weight excluding hydrogens is 508 g/mol. The normalized spacial score (nSPS) is 37.3. The van der Waals surface area contributed by atoms with Gasteiger partial charge in [-0.2, -0.15) is 0 Å². The molecule has 0 spiro atoms. The molecule has 9 atom stereocenters. The van der Waals surface area contributed by atoms with Crippen molar-refractivity contribution in [2.24, 2.45) is 52.3 Å². The molecular formula is C36H63N2O3+. The predicted octanol–water partition coefficient (Wildman–Crippen LogP) is 8.05. The van der Waals surface area contributed by atoms with E-state index in [4.69, 9.17) is 0 Å². The van der Waals surface area contributed by atoms with Gasteiger partial charge in [-0.05, 0) is 104 Å². The van der Waals surface area contributed by atoms with E-state index in [2.05, 4.69) is 46.0 Å². The third-order valence-corrected chi connectivity index (χ3v) is 13.1. The van der Waals surface area contributed by atoms with Gasteiger partial charge in [-0.3, -0.25) is 14.6 Å². The molecule has 4 rings (SSSR count). The van der Waals surface area contributed by atoms with Crippen molar-refractivity contribution in [3.8, 4) is 0 Å². The van der Waals surface area contributed by atoms with Crippen LogP contribution in [0.2, 0.25) is 0 Å². The summed E-state index contributed by atoms with van der Waals surface area (Å²) in [6, 6.07) is 0. The largest absolute Gasteiger partial charge is 0.475 e. The smallest absolute Gasteiger partial charge is 0.388 e. The number of carboxylic acids is 1. The number of hydrogen-bond donors (Lipinski definition) is 2. The molecule has 0 aromatic rings. The molecule has 41 heavy (non-hydrogen) atoms. The number of nitrogens with one attached hydrogen (secondary N) is 1. The van der Waals surface area contributed by atoms with Crippen molar-refractivity contribution >= 4 is 11.9 Å². The minimum absolute atomic E-state index is 0.0692. The lowest BCUT2D eigenvalue weighted by atomic mass is 9.46. The lowest BCUT2D eigenvalue weighted by Gasteiger charge is -2.58. The van der Waals surface area contributed by atoms with E-state index >= 15 is 0 Å². The number of fused-ring (bicyclic) bond motifs is 5. The van der Waals surface area contributed by atoms with Gasteiger partial charge in [0, 0.05) is 12.3 Å². The average Bonchev–Trinajstić information content (AvgIpc) is 3.24. The number of likely N-dealkylation sites (N-methyl/N-ethyl adjacent to an activating group) is 1. The average molecular weight is 572 g/mol. The molecule has 0 heterocycles. The first-order valence-corrected chi connectivity index (χ1v) is 17.2. The van der Waals surface area contributed by atoms with Crippen LogP contribution in [0.25, 0.3) is 0 Å². The van der Waals surface area contributed by atoms with Crippen LogP contribution in [0.4, 0.5) is 0 Å². The Morgan fingerprint density at radius 2 is 1.76 bits per heavy atom. The van der Waals surface area contributed by atoms with Crippen molar-refractivity contribution in [2.45, 2.75) is 131 Å². The van der Waals surface area contributed by atoms with Crippen molar-refractivity contribution in [1.29, 1.82) is 0 Å². The number of amides is 1. The van der Waals surface area contributed by atoms with Crippen molar-refractivity contribution < 1.29 is 19.2 Å². The summed E-state index contributed by atoms with van der Waals surface area (Å²) in [5, 5.41) is 13.3. The molecule has 3 fully saturated rings. The van der Waals surface area contributed by atoms with Crippen LogP contribution in [-0.4, -0.2) is 48.3 Å². The summed E-state index contributed by atoms with van der Waals surface area (Å²) in [4.78, 5) is 26.2. The van der Waals surface area contributed by atoms with Gasteiger partial charge in [0.25, 0.3) is 5.66 Å². The van der Waals surface area contributed by atoms with E-state index in [0.717, 1.165) is 54.8 Å². The van der Waals surface area contributed by atoms with E-state index in [1.807, 2.05) is 28.1 Å². The summed E-state index contributed by atoms with van der Waals surface area (Å²) in [5.41, 5.74) is 0.876. The molecule has 4 aliphatic carbocycles. The van der Waals surface area contributed by atoms with E-state index in [0.29, 0.717) is 18.3 Å². The van der Waals surface area contributed by atoms with Crippen molar-refractivity contribution in [3.05, 3.63) is 11.6 Å². The fraction of sp³-hybridized carbons (Fsp3) is 0.889. The number of aliphatic carboxylic acids is 1. The van der Waals surface area contributed by atoms with Gasteiger partial charge in [-0.1, -0.05) is 72.5 Å². The van der Waals surface area contributed by atoms with Crippen LogP contribution in [0, 0.1) is 52.3 Å². The van der Waals surface area contributed by atoms with E-state index in [1.165, 1.54) is 56.9 Å². The molecule has 5 heteroatoms. The molecule has 3 saturated carbocycles. The minimum Gasteiger partial charge on any atom is -0.475 e. The van der Waals surface area contributed by atoms with Gasteiger partial charge in [0.15, 0.2) is 0 Å².